The van der Waals surface area contributed by atoms with E-state index in [-0.39, 0.29) is 5.92 Å². The smallest absolute Gasteiger partial charge is 0.354 e. The highest BCUT2D eigenvalue weighted by Gasteiger charge is 2.33. The van der Waals surface area contributed by atoms with Gasteiger partial charge in [0.05, 0.1) is 24.8 Å². The Morgan fingerprint density at radius 1 is 1.19 bits per heavy atom. The van der Waals surface area contributed by atoms with Crippen molar-refractivity contribution in [1.29, 1.82) is 0 Å². The van der Waals surface area contributed by atoms with Crippen LogP contribution in [0.15, 0.2) is 51.7 Å². The van der Waals surface area contributed by atoms with Crippen molar-refractivity contribution in [3.63, 3.8) is 0 Å². The van der Waals surface area contributed by atoms with Crippen LogP contribution in [0, 0.1) is 0 Å². The van der Waals surface area contributed by atoms with Gasteiger partial charge in [-0.05, 0) is 56.7 Å². The molecule has 0 saturated heterocycles. The van der Waals surface area contributed by atoms with Gasteiger partial charge in [0.25, 0.3) is 0 Å². The van der Waals surface area contributed by atoms with Gasteiger partial charge in [0.2, 0.25) is 5.82 Å². The molecule has 0 bridgehead atoms. The second kappa shape index (κ2) is 9.02. The van der Waals surface area contributed by atoms with Crippen LogP contribution in [0.4, 0.5) is 0 Å². The Kier molecular flexibility index (Phi) is 5.67. The number of aromatic nitrogens is 6. The molecule has 1 aliphatic heterocycles. The highest BCUT2D eigenvalue weighted by atomic mass is 79.9. The van der Waals surface area contributed by atoms with Crippen molar-refractivity contribution >= 4 is 21.9 Å². The first-order valence-corrected chi connectivity index (χ1v) is 12.7. The Hall–Kier alpha value is -3.79. The molecule has 3 heterocycles. The van der Waals surface area contributed by atoms with Crippen LogP contribution in [0.1, 0.15) is 59.7 Å². The average Bonchev–Trinajstić information content (AvgIpc) is 3.57. The largest absolute Gasteiger partial charge is 0.477 e. The molecule has 36 heavy (non-hydrogen) atoms. The number of carbonyl (C=O) groups is 1. The number of nitrogens with one attached hydrogen (secondary N) is 1. The third kappa shape index (κ3) is 3.55. The third-order valence-electron chi connectivity index (χ3n) is 7.06. The number of H-pyrrole nitrogens is 1. The van der Waals surface area contributed by atoms with E-state index in [0.717, 1.165) is 62.9 Å². The second-order valence-electron chi connectivity index (χ2n) is 8.97. The lowest BCUT2D eigenvalue weighted by molar-refractivity contribution is 0.0682. The zero-order valence-electron chi connectivity index (χ0n) is 19.5. The van der Waals surface area contributed by atoms with E-state index in [4.69, 9.17) is 9.40 Å². The fourth-order valence-corrected chi connectivity index (χ4v) is 5.89. The summed E-state index contributed by atoms with van der Waals surface area (Å²) in [6.45, 7) is 2.37. The molecule has 0 unspecified atom stereocenters. The number of fused-ring (bicyclic) bond motifs is 1. The Labute approximate surface area is 215 Å². The van der Waals surface area contributed by atoms with Gasteiger partial charge in [-0.15, -0.1) is 10.2 Å². The number of imidazole rings is 1. The molecule has 0 amide bonds. The molecular weight excluding hydrogens is 524 g/mol. The van der Waals surface area contributed by atoms with Crippen LogP contribution in [0.5, 0.6) is 0 Å². The van der Waals surface area contributed by atoms with E-state index in [1.165, 1.54) is 0 Å². The standard InChI is InChI=1S/C26H23BrN6O3/c1-2-20-28-23(14-6-5-7-14)24(26(34)35)33(20)12-18-15-10-11-36-13-19(15)22(27)21(18)16-8-3-4-9-17(16)25-29-31-32-30-25/h3-4,8-11,13-14H,2,5-7,12H2,1H3,(H,34,35)(H,29,30,31,32). The molecule has 9 nitrogen and oxygen atoms in total. The van der Waals surface area contributed by atoms with Gasteiger partial charge in [0.15, 0.2) is 5.69 Å². The van der Waals surface area contributed by atoms with E-state index in [9.17, 15) is 9.90 Å². The first kappa shape index (κ1) is 22.7. The number of nitrogens with zero attached hydrogens (tertiary/aromatic N) is 5. The Morgan fingerprint density at radius 3 is 2.67 bits per heavy atom. The average molecular weight is 547 g/mol. The Balaban J connectivity index is 1.59. The lowest BCUT2D eigenvalue weighted by atomic mass is 9.82. The minimum absolute atomic E-state index is 0.211. The zero-order chi connectivity index (χ0) is 24.8. The summed E-state index contributed by atoms with van der Waals surface area (Å²) in [5.41, 5.74) is 6.51. The first-order valence-electron chi connectivity index (χ1n) is 11.9. The van der Waals surface area contributed by atoms with Crippen molar-refractivity contribution in [3.05, 3.63) is 70.1 Å². The van der Waals surface area contributed by atoms with Gasteiger partial charge in [0.1, 0.15) is 5.82 Å². The number of carboxylic acids is 1. The van der Waals surface area contributed by atoms with E-state index in [1.54, 1.807) is 12.5 Å². The minimum atomic E-state index is -0.942. The second-order valence-corrected chi connectivity index (χ2v) is 9.76. The lowest BCUT2D eigenvalue weighted by Gasteiger charge is -2.24. The summed E-state index contributed by atoms with van der Waals surface area (Å²) in [5.74, 6) is 0.525. The van der Waals surface area contributed by atoms with E-state index in [0.29, 0.717) is 30.2 Å². The minimum Gasteiger partial charge on any atom is -0.477 e. The fourth-order valence-electron chi connectivity index (χ4n) is 5.13. The monoisotopic (exact) mass is 546 g/mol. The summed E-state index contributed by atoms with van der Waals surface area (Å²) in [4.78, 5) is 17.4. The van der Waals surface area contributed by atoms with E-state index in [2.05, 4.69) is 36.6 Å². The maximum absolute atomic E-state index is 12.5. The summed E-state index contributed by atoms with van der Waals surface area (Å²) >= 11 is 3.82. The molecule has 2 aliphatic carbocycles. The summed E-state index contributed by atoms with van der Waals surface area (Å²) < 4.78 is 8.25. The Bertz CT molecular complexity index is 1530. The van der Waals surface area contributed by atoms with Crippen LogP contribution >= 0.6 is 15.9 Å². The number of aromatic carboxylic acids is 1. The maximum atomic E-state index is 12.5. The molecule has 0 radical (unpaired) electrons. The molecule has 2 aromatic heterocycles. The van der Waals surface area contributed by atoms with E-state index >= 15 is 0 Å². The van der Waals surface area contributed by atoms with E-state index in [1.807, 2.05) is 41.8 Å². The van der Waals surface area contributed by atoms with Gasteiger partial charge < -0.3 is 14.1 Å². The summed E-state index contributed by atoms with van der Waals surface area (Å²) in [5, 5.41) is 24.9. The quantitative estimate of drug-likeness (QED) is 0.265. The highest BCUT2D eigenvalue weighted by Crippen LogP contribution is 2.48. The summed E-state index contributed by atoms with van der Waals surface area (Å²) in [6.07, 6.45) is 7.05. The number of carboxylic acid groups (broad SMARTS) is 1. The number of benzene rings is 1. The van der Waals surface area contributed by atoms with Crippen molar-refractivity contribution < 1.29 is 14.3 Å². The molecule has 0 spiro atoms. The molecule has 1 aromatic carbocycles. The van der Waals surface area contributed by atoms with Crippen LogP contribution < -0.4 is 0 Å². The number of halogens is 1. The van der Waals surface area contributed by atoms with Crippen molar-refractivity contribution in [2.75, 3.05) is 0 Å². The SMILES string of the molecule is CCc1nc(C2CCC2)c(C(=O)O)n1Cc1c2ccocc-2c(Br)c1-c1ccccc1-c1nn[nH]n1. The van der Waals surface area contributed by atoms with Crippen molar-refractivity contribution in [2.45, 2.75) is 45.1 Å². The lowest BCUT2D eigenvalue weighted by Crippen LogP contribution is -2.17. The van der Waals surface area contributed by atoms with Crippen molar-refractivity contribution in [3.8, 4) is 33.6 Å². The molecule has 1 fully saturated rings. The number of aryl methyl sites for hydroxylation is 1. The predicted octanol–water partition coefficient (Wildman–Crippen LogP) is 5.77. The van der Waals surface area contributed by atoms with Gasteiger partial charge in [-0.25, -0.2) is 9.78 Å². The molecule has 0 atom stereocenters. The van der Waals surface area contributed by atoms with E-state index < -0.39 is 5.97 Å². The highest BCUT2D eigenvalue weighted by molar-refractivity contribution is 9.10. The molecule has 182 valence electrons. The van der Waals surface area contributed by atoms with Crippen LogP contribution in [0.2, 0.25) is 0 Å². The molecule has 1 saturated carbocycles. The maximum Gasteiger partial charge on any atom is 0.354 e. The van der Waals surface area contributed by atoms with Crippen molar-refractivity contribution in [1.82, 2.24) is 30.2 Å². The summed E-state index contributed by atoms with van der Waals surface area (Å²) in [6, 6.07) is 9.77. The normalized spacial score (nSPS) is 13.8. The molecule has 2 N–H and O–H groups in total. The van der Waals surface area contributed by atoms with Crippen LogP contribution in [-0.4, -0.2) is 41.3 Å². The molecule has 3 aromatic rings. The van der Waals surface area contributed by atoms with Gasteiger partial charge in [-0.2, -0.15) is 5.21 Å². The zero-order valence-corrected chi connectivity index (χ0v) is 21.1. The van der Waals surface area contributed by atoms with Gasteiger partial charge in [0, 0.05) is 33.5 Å². The molecular formula is C26H23BrN6O3. The van der Waals surface area contributed by atoms with Crippen molar-refractivity contribution in [2.24, 2.45) is 0 Å². The number of hydrogen-bond acceptors (Lipinski definition) is 6. The number of rotatable bonds is 7. The number of tetrazole rings is 1. The third-order valence-corrected chi connectivity index (χ3v) is 7.88. The van der Waals surface area contributed by atoms with Crippen LogP contribution in [0.25, 0.3) is 33.6 Å². The first-order chi connectivity index (χ1) is 17.6. The van der Waals surface area contributed by atoms with Gasteiger partial charge >= 0.3 is 5.97 Å². The molecule has 3 aliphatic rings. The molecule has 6 rings (SSSR count). The predicted molar refractivity (Wildman–Crippen MR) is 136 cm³/mol. The Morgan fingerprint density at radius 2 is 2.00 bits per heavy atom. The fraction of sp³-hybridized carbons (Fsp3) is 0.269. The van der Waals surface area contributed by atoms with Crippen LogP contribution in [0.3, 0.4) is 0 Å². The van der Waals surface area contributed by atoms with Gasteiger partial charge in [-0.3, -0.25) is 0 Å². The summed E-state index contributed by atoms with van der Waals surface area (Å²) in [7, 11) is 0. The van der Waals surface area contributed by atoms with Crippen LogP contribution in [-0.2, 0) is 13.0 Å². The number of aromatic amines is 1. The van der Waals surface area contributed by atoms with Gasteiger partial charge in [-0.1, -0.05) is 37.6 Å². The number of hydrogen-bond donors (Lipinski definition) is 2. The molecule has 10 heteroatoms. The topological polar surface area (TPSA) is 123 Å².